The second kappa shape index (κ2) is 6.80. The summed E-state index contributed by atoms with van der Waals surface area (Å²) in [6, 6.07) is 9.38. The average molecular weight is 305 g/mol. The van der Waals surface area contributed by atoms with E-state index in [9.17, 15) is 18.4 Å². The summed E-state index contributed by atoms with van der Waals surface area (Å²) in [6.07, 6.45) is 0.418. The number of carbonyl (C=O) groups is 2. The van der Waals surface area contributed by atoms with Crippen molar-refractivity contribution in [3.05, 3.63) is 70.8 Å². The number of aromatic carboxylic acids is 1. The normalized spacial score (nSPS) is 10.3. The van der Waals surface area contributed by atoms with Gasteiger partial charge in [0.05, 0.1) is 5.56 Å². The van der Waals surface area contributed by atoms with Crippen molar-refractivity contribution in [1.29, 1.82) is 0 Å². The van der Waals surface area contributed by atoms with Gasteiger partial charge in [-0.15, -0.1) is 0 Å². The molecule has 0 heterocycles. The van der Waals surface area contributed by atoms with Gasteiger partial charge in [-0.05, 0) is 36.2 Å². The zero-order valence-electron chi connectivity index (χ0n) is 11.5. The standard InChI is InChI=1S/C16H13F2NO3/c17-12-2-1-3-13(18)14(12)15(20)19-9-8-10-4-6-11(7-5-10)16(21)22/h1-7H,8-9H2,(H,19,20)(H,21,22). The molecule has 6 heteroatoms. The van der Waals surface area contributed by atoms with Crippen LogP contribution in [-0.2, 0) is 6.42 Å². The molecule has 0 spiro atoms. The maximum atomic E-state index is 13.4. The minimum atomic E-state index is -1.02. The molecule has 4 nitrogen and oxygen atoms in total. The number of rotatable bonds is 5. The van der Waals surface area contributed by atoms with Crippen LogP contribution in [0.5, 0.6) is 0 Å². The van der Waals surface area contributed by atoms with Crippen molar-refractivity contribution in [3.8, 4) is 0 Å². The van der Waals surface area contributed by atoms with Gasteiger partial charge in [0.25, 0.3) is 5.91 Å². The van der Waals surface area contributed by atoms with Crippen molar-refractivity contribution in [3.63, 3.8) is 0 Å². The molecular formula is C16H13F2NO3. The number of carboxylic acids is 1. The van der Waals surface area contributed by atoms with E-state index < -0.39 is 29.1 Å². The Labute approximate surface area is 125 Å². The van der Waals surface area contributed by atoms with Gasteiger partial charge in [-0.2, -0.15) is 0 Å². The predicted octanol–water partition coefficient (Wildman–Crippen LogP) is 2.64. The minimum Gasteiger partial charge on any atom is -0.478 e. The fourth-order valence-electron chi connectivity index (χ4n) is 1.94. The van der Waals surface area contributed by atoms with E-state index >= 15 is 0 Å². The Morgan fingerprint density at radius 1 is 1.00 bits per heavy atom. The molecule has 0 atom stereocenters. The van der Waals surface area contributed by atoms with Crippen molar-refractivity contribution >= 4 is 11.9 Å². The molecule has 2 N–H and O–H groups in total. The highest BCUT2D eigenvalue weighted by Crippen LogP contribution is 2.11. The van der Waals surface area contributed by atoms with Gasteiger partial charge in [0.2, 0.25) is 0 Å². The molecule has 0 aliphatic rings. The first-order valence-corrected chi connectivity index (χ1v) is 6.53. The van der Waals surface area contributed by atoms with E-state index in [0.29, 0.717) is 6.42 Å². The second-order valence-electron chi connectivity index (χ2n) is 4.60. The average Bonchev–Trinajstić information content (AvgIpc) is 2.47. The van der Waals surface area contributed by atoms with Gasteiger partial charge in [-0.1, -0.05) is 18.2 Å². The van der Waals surface area contributed by atoms with Crippen LogP contribution in [0, 0.1) is 11.6 Å². The molecule has 0 saturated carbocycles. The smallest absolute Gasteiger partial charge is 0.335 e. The Morgan fingerprint density at radius 2 is 1.59 bits per heavy atom. The van der Waals surface area contributed by atoms with Crippen LogP contribution < -0.4 is 5.32 Å². The predicted molar refractivity (Wildman–Crippen MR) is 75.8 cm³/mol. The topological polar surface area (TPSA) is 66.4 Å². The largest absolute Gasteiger partial charge is 0.478 e. The number of carboxylic acid groups (broad SMARTS) is 1. The van der Waals surface area contributed by atoms with E-state index in [4.69, 9.17) is 5.11 Å². The van der Waals surface area contributed by atoms with E-state index in [1.54, 1.807) is 12.1 Å². The lowest BCUT2D eigenvalue weighted by molar-refractivity contribution is 0.0696. The summed E-state index contributed by atoms with van der Waals surface area (Å²) in [7, 11) is 0. The molecule has 0 aliphatic carbocycles. The van der Waals surface area contributed by atoms with E-state index in [-0.39, 0.29) is 12.1 Å². The van der Waals surface area contributed by atoms with Crippen molar-refractivity contribution < 1.29 is 23.5 Å². The third-order valence-electron chi connectivity index (χ3n) is 3.09. The van der Waals surface area contributed by atoms with Crippen molar-refractivity contribution in [2.24, 2.45) is 0 Å². The summed E-state index contributed by atoms with van der Waals surface area (Å²) in [5, 5.41) is 11.2. The molecule has 2 aromatic rings. The highest BCUT2D eigenvalue weighted by molar-refractivity contribution is 5.94. The third kappa shape index (κ3) is 3.66. The third-order valence-corrected chi connectivity index (χ3v) is 3.09. The Morgan fingerprint density at radius 3 is 2.14 bits per heavy atom. The molecule has 0 unspecified atom stereocenters. The van der Waals surface area contributed by atoms with Crippen LogP contribution in [0.4, 0.5) is 8.78 Å². The molecule has 114 valence electrons. The number of halogens is 2. The Bertz CT molecular complexity index is 679. The maximum Gasteiger partial charge on any atom is 0.335 e. The van der Waals surface area contributed by atoms with Crippen molar-refractivity contribution in [1.82, 2.24) is 5.32 Å². The van der Waals surface area contributed by atoms with Crippen molar-refractivity contribution in [2.45, 2.75) is 6.42 Å². The highest BCUT2D eigenvalue weighted by atomic mass is 19.1. The molecule has 0 aliphatic heterocycles. The Balaban J connectivity index is 1.93. The molecule has 0 bridgehead atoms. The molecule has 0 saturated heterocycles. The molecule has 0 aromatic heterocycles. The van der Waals surface area contributed by atoms with Crippen LogP contribution in [0.2, 0.25) is 0 Å². The highest BCUT2D eigenvalue weighted by Gasteiger charge is 2.16. The van der Waals surface area contributed by atoms with Gasteiger partial charge in [0.15, 0.2) is 0 Å². The summed E-state index contributed by atoms with van der Waals surface area (Å²) in [5.41, 5.74) is 0.365. The summed E-state index contributed by atoms with van der Waals surface area (Å²) in [6.45, 7) is 0.180. The first-order valence-electron chi connectivity index (χ1n) is 6.53. The summed E-state index contributed by atoms with van der Waals surface area (Å²) < 4.78 is 26.8. The van der Waals surface area contributed by atoms with Crippen LogP contribution in [0.3, 0.4) is 0 Å². The van der Waals surface area contributed by atoms with Gasteiger partial charge >= 0.3 is 5.97 Å². The molecule has 0 fully saturated rings. The number of benzene rings is 2. The fourth-order valence-corrected chi connectivity index (χ4v) is 1.94. The van der Waals surface area contributed by atoms with Crippen LogP contribution in [0.1, 0.15) is 26.3 Å². The number of hydrogen-bond acceptors (Lipinski definition) is 2. The lowest BCUT2D eigenvalue weighted by Gasteiger charge is -2.07. The molecular weight excluding hydrogens is 292 g/mol. The first kappa shape index (κ1) is 15.6. The van der Waals surface area contributed by atoms with Crippen LogP contribution >= 0.6 is 0 Å². The minimum absolute atomic E-state index is 0.168. The van der Waals surface area contributed by atoms with E-state index in [0.717, 1.165) is 17.7 Å². The lowest BCUT2D eigenvalue weighted by atomic mass is 10.1. The van der Waals surface area contributed by atoms with Gasteiger partial charge in [-0.25, -0.2) is 13.6 Å². The summed E-state index contributed by atoms with van der Waals surface area (Å²) in [5.74, 6) is -3.67. The zero-order valence-corrected chi connectivity index (χ0v) is 11.5. The van der Waals surface area contributed by atoms with E-state index in [1.807, 2.05) is 0 Å². The molecule has 22 heavy (non-hydrogen) atoms. The van der Waals surface area contributed by atoms with Gasteiger partial charge in [-0.3, -0.25) is 4.79 Å². The Hall–Kier alpha value is -2.76. The molecule has 0 radical (unpaired) electrons. The van der Waals surface area contributed by atoms with E-state index in [1.165, 1.54) is 18.2 Å². The first-order chi connectivity index (χ1) is 10.5. The molecule has 2 aromatic carbocycles. The van der Waals surface area contributed by atoms with Crippen LogP contribution in [0.25, 0.3) is 0 Å². The zero-order chi connectivity index (χ0) is 16.1. The van der Waals surface area contributed by atoms with E-state index in [2.05, 4.69) is 5.32 Å². The number of carbonyl (C=O) groups excluding carboxylic acids is 1. The van der Waals surface area contributed by atoms with Crippen molar-refractivity contribution in [2.75, 3.05) is 6.54 Å². The van der Waals surface area contributed by atoms with Gasteiger partial charge in [0, 0.05) is 6.54 Å². The monoisotopic (exact) mass is 305 g/mol. The van der Waals surface area contributed by atoms with Gasteiger partial charge in [0.1, 0.15) is 17.2 Å². The summed E-state index contributed by atoms with van der Waals surface area (Å²) in [4.78, 5) is 22.5. The lowest BCUT2D eigenvalue weighted by Crippen LogP contribution is -2.27. The quantitative estimate of drug-likeness (QED) is 0.892. The Kier molecular flexibility index (Phi) is 4.83. The number of amides is 1. The molecule has 1 amide bonds. The second-order valence-corrected chi connectivity index (χ2v) is 4.60. The van der Waals surface area contributed by atoms with Crippen LogP contribution in [0.15, 0.2) is 42.5 Å². The number of hydrogen-bond donors (Lipinski definition) is 2. The van der Waals surface area contributed by atoms with Gasteiger partial charge < -0.3 is 10.4 Å². The molecule has 2 rings (SSSR count). The summed E-state index contributed by atoms with van der Waals surface area (Å²) >= 11 is 0. The van der Waals surface area contributed by atoms with Crippen LogP contribution in [-0.4, -0.2) is 23.5 Å². The number of nitrogens with one attached hydrogen (secondary N) is 1. The fraction of sp³-hybridized carbons (Fsp3) is 0.125. The maximum absolute atomic E-state index is 13.4. The SMILES string of the molecule is O=C(O)c1ccc(CCNC(=O)c2c(F)cccc2F)cc1.